The summed E-state index contributed by atoms with van der Waals surface area (Å²) in [5.74, 6) is -0.504. The van der Waals surface area contributed by atoms with Crippen LogP contribution in [-0.2, 0) is 16.6 Å². The van der Waals surface area contributed by atoms with Crippen LogP contribution in [0.1, 0.15) is 24.3 Å². The highest BCUT2D eigenvalue weighted by molar-refractivity contribution is 14.0. The van der Waals surface area contributed by atoms with Crippen LogP contribution in [0, 0.1) is 11.7 Å². The molecular weight excluding hydrogens is 490 g/mol. The second kappa shape index (κ2) is 11.4. The normalized spacial score (nSPS) is 12.8. The molecule has 0 spiro atoms. The Hall–Kier alpha value is -1.68. The number of thiophene rings is 1. The Balaban J connectivity index is 0.00000392. The van der Waals surface area contributed by atoms with Crippen molar-refractivity contribution in [2.24, 2.45) is 16.6 Å². The molecule has 154 valence electrons. The molecule has 1 aromatic carbocycles. The number of guanidine groups is 1. The maximum atomic E-state index is 13.0. The minimum absolute atomic E-state index is 0. The monoisotopic (exact) mass is 518 g/mol. The highest BCUT2D eigenvalue weighted by Gasteiger charge is 2.22. The van der Waals surface area contributed by atoms with Crippen molar-refractivity contribution in [2.75, 3.05) is 20.1 Å². The van der Waals surface area contributed by atoms with E-state index in [-0.39, 0.29) is 35.2 Å². The molecule has 0 saturated carbocycles. The standard InChI is InChI=1S/C20H27FN4OS.HI/c1-20(2,17-5-4-10-27-17)13-25-19(23-3)24-12-15(18(22)26)11-14-6-8-16(21)9-7-14;/h4-10,15H,11-13H2,1-3H3,(H2,22,26)(H2,23,24,25);1H. The second-order valence-corrected chi connectivity index (χ2v) is 8.05. The third kappa shape index (κ3) is 7.38. The van der Waals surface area contributed by atoms with E-state index < -0.39 is 11.8 Å². The summed E-state index contributed by atoms with van der Waals surface area (Å²) in [6.07, 6.45) is 0.445. The van der Waals surface area contributed by atoms with Crippen molar-refractivity contribution in [3.05, 3.63) is 58.0 Å². The van der Waals surface area contributed by atoms with Crippen molar-refractivity contribution in [1.29, 1.82) is 0 Å². The van der Waals surface area contributed by atoms with Crippen molar-refractivity contribution in [3.63, 3.8) is 0 Å². The Kier molecular flexibility index (Phi) is 9.88. The molecule has 28 heavy (non-hydrogen) atoms. The highest BCUT2D eigenvalue weighted by atomic mass is 127. The number of halogens is 2. The van der Waals surface area contributed by atoms with Crippen molar-refractivity contribution in [1.82, 2.24) is 10.6 Å². The first-order chi connectivity index (χ1) is 12.8. The molecule has 0 saturated heterocycles. The lowest BCUT2D eigenvalue weighted by Gasteiger charge is -2.25. The molecule has 0 bridgehead atoms. The quantitative estimate of drug-likeness (QED) is 0.285. The van der Waals surface area contributed by atoms with E-state index in [1.54, 1.807) is 30.5 Å². The molecule has 1 amide bonds. The van der Waals surface area contributed by atoms with E-state index in [4.69, 9.17) is 5.73 Å². The van der Waals surface area contributed by atoms with Crippen LogP contribution < -0.4 is 16.4 Å². The summed E-state index contributed by atoms with van der Waals surface area (Å²) in [7, 11) is 1.69. The fourth-order valence-electron chi connectivity index (χ4n) is 2.67. The van der Waals surface area contributed by atoms with E-state index in [0.717, 1.165) is 5.56 Å². The molecule has 1 aromatic heterocycles. The number of benzene rings is 1. The maximum Gasteiger partial charge on any atom is 0.222 e. The minimum Gasteiger partial charge on any atom is -0.369 e. The molecule has 0 fully saturated rings. The number of hydrogen-bond acceptors (Lipinski definition) is 3. The van der Waals surface area contributed by atoms with Gasteiger partial charge >= 0.3 is 0 Å². The van der Waals surface area contributed by atoms with Crippen LogP contribution in [0.5, 0.6) is 0 Å². The molecule has 1 unspecified atom stereocenters. The first kappa shape index (κ1) is 24.4. The largest absolute Gasteiger partial charge is 0.369 e. The van der Waals surface area contributed by atoms with Gasteiger partial charge in [0, 0.05) is 30.4 Å². The number of nitrogens with zero attached hydrogens (tertiary/aromatic N) is 1. The molecule has 0 aliphatic heterocycles. The van der Waals surface area contributed by atoms with Crippen LogP contribution in [0.2, 0.25) is 0 Å². The molecule has 8 heteroatoms. The predicted molar refractivity (Wildman–Crippen MR) is 125 cm³/mol. The molecular formula is C20H28FIN4OS. The van der Waals surface area contributed by atoms with Crippen molar-refractivity contribution in [3.8, 4) is 0 Å². The van der Waals surface area contributed by atoms with Crippen LogP contribution in [0.3, 0.4) is 0 Å². The van der Waals surface area contributed by atoms with Gasteiger partial charge in [-0.1, -0.05) is 32.0 Å². The maximum absolute atomic E-state index is 13.0. The van der Waals surface area contributed by atoms with Gasteiger partial charge in [0.1, 0.15) is 5.82 Å². The summed E-state index contributed by atoms with van der Waals surface area (Å²) >= 11 is 1.73. The zero-order valence-electron chi connectivity index (χ0n) is 16.4. The average molecular weight is 518 g/mol. The topological polar surface area (TPSA) is 79.5 Å². The second-order valence-electron chi connectivity index (χ2n) is 7.10. The molecule has 0 radical (unpaired) electrons. The van der Waals surface area contributed by atoms with Gasteiger partial charge in [0.2, 0.25) is 5.91 Å². The Labute approximate surface area is 187 Å². The van der Waals surface area contributed by atoms with Gasteiger partial charge in [-0.3, -0.25) is 9.79 Å². The smallest absolute Gasteiger partial charge is 0.222 e. The molecule has 4 N–H and O–H groups in total. The summed E-state index contributed by atoms with van der Waals surface area (Å²) in [4.78, 5) is 17.3. The van der Waals surface area contributed by atoms with Gasteiger partial charge in [-0.05, 0) is 35.6 Å². The molecule has 1 heterocycles. The Morgan fingerprint density at radius 1 is 1.25 bits per heavy atom. The van der Waals surface area contributed by atoms with E-state index in [1.807, 2.05) is 6.07 Å². The Morgan fingerprint density at radius 2 is 1.93 bits per heavy atom. The van der Waals surface area contributed by atoms with Gasteiger partial charge in [0.05, 0.1) is 5.92 Å². The average Bonchev–Trinajstić information content (AvgIpc) is 3.18. The van der Waals surface area contributed by atoms with Crippen LogP contribution in [-0.4, -0.2) is 32.0 Å². The highest BCUT2D eigenvalue weighted by Crippen LogP contribution is 2.26. The lowest BCUT2D eigenvalue weighted by atomic mass is 9.91. The number of hydrogen-bond donors (Lipinski definition) is 3. The number of carbonyl (C=O) groups excluding carboxylic acids is 1. The number of nitrogens with one attached hydrogen (secondary N) is 2. The number of aliphatic imine (C=N–C) groups is 1. The van der Waals surface area contributed by atoms with Crippen LogP contribution >= 0.6 is 35.3 Å². The third-order valence-electron chi connectivity index (χ3n) is 4.42. The number of nitrogens with two attached hydrogens (primary N) is 1. The summed E-state index contributed by atoms with van der Waals surface area (Å²) in [6, 6.07) is 10.3. The summed E-state index contributed by atoms with van der Waals surface area (Å²) < 4.78 is 13.0. The summed E-state index contributed by atoms with van der Waals surface area (Å²) in [6.45, 7) is 5.39. The first-order valence-corrected chi connectivity index (χ1v) is 9.72. The number of amides is 1. The van der Waals surface area contributed by atoms with Crippen LogP contribution in [0.25, 0.3) is 0 Å². The Bertz CT molecular complexity index is 763. The van der Waals surface area contributed by atoms with Crippen molar-refractivity contribution < 1.29 is 9.18 Å². The Morgan fingerprint density at radius 3 is 2.46 bits per heavy atom. The van der Waals surface area contributed by atoms with E-state index in [0.29, 0.717) is 25.5 Å². The van der Waals surface area contributed by atoms with Gasteiger partial charge in [0.25, 0.3) is 0 Å². The van der Waals surface area contributed by atoms with Gasteiger partial charge in [-0.2, -0.15) is 0 Å². The van der Waals surface area contributed by atoms with E-state index in [1.165, 1.54) is 17.0 Å². The van der Waals surface area contributed by atoms with E-state index in [2.05, 4.69) is 40.9 Å². The number of rotatable bonds is 8. The van der Waals surface area contributed by atoms with Gasteiger partial charge in [-0.25, -0.2) is 4.39 Å². The molecule has 0 aliphatic carbocycles. The predicted octanol–water partition coefficient (Wildman–Crippen LogP) is 3.29. The SMILES string of the molecule is CN=C(NCC(Cc1ccc(F)cc1)C(N)=O)NCC(C)(C)c1cccs1.I. The van der Waals surface area contributed by atoms with Crippen molar-refractivity contribution >= 4 is 47.2 Å². The zero-order valence-corrected chi connectivity index (χ0v) is 19.5. The van der Waals surface area contributed by atoms with E-state index in [9.17, 15) is 9.18 Å². The lowest BCUT2D eigenvalue weighted by Crippen LogP contribution is -2.46. The zero-order chi connectivity index (χ0) is 19.9. The van der Waals surface area contributed by atoms with Crippen molar-refractivity contribution in [2.45, 2.75) is 25.7 Å². The number of carbonyl (C=O) groups is 1. The summed E-state index contributed by atoms with van der Waals surface area (Å²) in [5, 5.41) is 8.54. The van der Waals surface area contributed by atoms with Gasteiger partial charge < -0.3 is 16.4 Å². The van der Waals surface area contributed by atoms with Crippen LogP contribution in [0.4, 0.5) is 4.39 Å². The molecule has 1 atom stereocenters. The van der Waals surface area contributed by atoms with Crippen LogP contribution in [0.15, 0.2) is 46.8 Å². The fraction of sp³-hybridized carbons (Fsp3) is 0.400. The lowest BCUT2D eigenvalue weighted by molar-refractivity contribution is -0.121. The van der Waals surface area contributed by atoms with E-state index >= 15 is 0 Å². The molecule has 5 nitrogen and oxygen atoms in total. The fourth-order valence-corrected chi connectivity index (χ4v) is 3.53. The minimum atomic E-state index is -0.417. The first-order valence-electron chi connectivity index (χ1n) is 8.84. The number of primary amides is 1. The van der Waals surface area contributed by atoms with Gasteiger partial charge in [-0.15, -0.1) is 35.3 Å². The van der Waals surface area contributed by atoms with Gasteiger partial charge in [0.15, 0.2) is 5.96 Å². The molecule has 2 rings (SSSR count). The summed E-state index contributed by atoms with van der Waals surface area (Å²) in [5.41, 5.74) is 6.36. The molecule has 2 aromatic rings. The third-order valence-corrected chi connectivity index (χ3v) is 5.66. The molecule has 0 aliphatic rings.